The molecule has 84 heavy (non-hydrogen) atoms. The number of aliphatic hydroxyl groups excluding tert-OH is 1. The molecular weight excluding hydrogens is 1080 g/mol. The van der Waals surface area contributed by atoms with Crippen LogP contribution in [-0.4, -0.2) is 174 Å². The zero-order valence-corrected chi connectivity index (χ0v) is 47.6. The van der Waals surface area contributed by atoms with Crippen molar-refractivity contribution in [3.05, 3.63) is 114 Å². The Morgan fingerprint density at radius 1 is 0.607 bits per heavy atom. The molecule has 1 aromatic heterocycles. The molecule has 25 heteroatoms. The van der Waals surface area contributed by atoms with Crippen molar-refractivity contribution in [1.82, 2.24) is 51.7 Å². The second-order valence-electron chi connectivity index (χ2n) is 22.0. The molecule has 2 aliphatic rings. The average Bonchev–Trinajstić information content (AvgIpc) is 4.39. The van der Waals surface area contributed by atoms with Crippen LogP contribution < -0.4 is 43.4 Å². The molecule has 454 valence electrons. The Kier molecular flexibility index (Phi) is 24.1. The fourth-order valence-corrected chi connectivity index (χ4v) is 10.4. The van der Waals surface area contributed by atoms with Crippen LogP contribution in [0.25, 0.3) is 0 Å². The number of aromatic hydroxyl groups is 2. The highest BCUT2D eigenvalue weighted by molar-refractivity contribution is 5.99. The van der Waals surface area contributed by atoms with Crippen LogP contribution in [0.2, 0.25) is 0 Å². The molecule has 0 radical (unpaired) electrons. The largest absolute Gasteiger partial charge is 0.508 e. The summed E-state index contributed by atoms with van der Waals surface area (Å²) in [6, 6.07) is 9.14. The monoisotopic (exact) mass is 1160 g/mol. The molecule has 0 aliphatic carbocycles. The van der Waals surface area contributed by atoms with Gasteiger partial charge in [-0.25, -0.2) is 9.78 Å². The number of nitrogens with two attached hydrogens (primary N) is 2. The van der Waals surface area contributed by atoms with Crippen LogP contribution in [-0.2, 0) is 68.8 Å². The van der Waals surface area contributed by atoms with Gasteiger partial charge in [0.25, 0.3) is 0 Å². The molecule has 2 fully saturated rings. The minimum absolute atomic E-state index is 0.0161. The van der Waals surface area contributed by atoms with Crippen molar-refractivity contribution in [3.63, 3.8) is 0 Å². The average molecular weight is 1170 g/mol. The van der Waals surface area contributed by atoms with E-state index in [0.717, 1.165) is 0 Å². The second kappa shape index (κ2) is 31.3. The number of nitrogens with zero attached hydrogens (tertiary/aromatic N) is 3. The number of phenols is 2. The standard InChI is InChI=1S/C59H80N12O13/c1-34(2)27-44(52(76)66-46(29-38-18-22-41(74)23-19-38)54(78)68-47(59(83)84)30-36-11-5-4-6-12-36)67-55(79)48-14-10-26-71(48)58(82)50(35(3)72)69-56(80)49-15-9-25-70(49)57(81)43(13-7-8-24-60)64-53(77)45(28-37-16-20-40(73)21-17-37)65-51(75)42(61)31-39-32-62-33-63-39/h4-6,11-12,16-23,32-35,42-50,72-74H,7-10,13-15,24-31,60-61H2,1-3H3,(H,62,63)(H,64,77)(H,65,75)(H,66,76)(H,67,79)(H,68,78)(H,69,80)(H,83,84)/t35-,42+,43+,44+,45+,46+,47+,48+,49+,50+/m1/s1. The molecule has 10 atom stereocenters. The topological polar surface area (TPSA) is 394 Å². The van der Waals surface area contributed by atoms with Crippen molar-refractivity contribution in [2.75, 3.05) is 19.6 Å². The van der Waals surface area contributed by atoms with Crippen LogP contribution in [0.3, 0.4) is 0 Å². The lowest BCUT2D eigenvalue weighted by molar-refractivity contribution is -0.146. The number of aliphatic carboxylic acids is 1. The summed E-state index contributed by atoms with van der Waals surface area (Å²) in [6.07, 6.45) is 3.41. The van der Waals surface area contributed by atoms with Gasteiger partial charge in [-0.2, -0.15) is 0 Å². The number of unbranched alkanes of at least 4 members (excludes halogenated alkanes) is 1. The van der Waals surface area contributed by atoms with Crippen LogP contribution in [0.15, 0.2) is 91.4 Å². The summed E-state index contributed by atoms with van der Waals surface area (Å²) in [6.45, 7) is 5.35. The lowest BCUT2D eigenvalue weighted by atomic mass is 10.00. The van der Waals surface area contributed by atoms with Gasteiger partial charge in [-0.15, -0.1) is 0 Å². The highest BCUT2D eigenvalue weighted by Gasteiger charge is 2.44. The number of likely N-dealkylation sites (tertiary alicyclic amines) is 2. The van der Waals surface area contributed by atoms with Gasteiger partial charge in [0.05, 0.1) is 18.5 Å². The summed E-state index contributed by atoms with van der Waals surface area (Å²) in [5.74, 6) is -7.42. The van der Waals surface area contributed by atoms with Crippen molar-refractivity contribution < 1.29 is 63.6 Å². The molecule has 3 heterocycles. The fraction of sp³-hybridized carbons (Fsp3) is 0.492. The molecule has 4 aromatic rings. The highest BCUT2D eigenvalue weighted by atomic mass is 16.4. The quantitative estimate of drug-likeness (QED) is 0.0305. The summed E-state index contributed by atoms with van der Waals surface area (Å²) < 4.78 is 0. The first kappa shape index (κ1) is 64.7. The maximum atomic E-state index is 14.6. The number of aromatic nitrogens is 2. The van der Waals surface area contributed by atoms with Gasteiger partial charge >= 0.3 is 5.97 Å². The molecule has 0 spiro atoms. The van der Waals surface area contributed by atoms with Crippen LogP contribution in [0.4, 0.5) is 0 Å². The molecular formula is C59H80N12O13. The van der Waals surface area contributed by atoms with Gasteiger partial charge in [0.2, 0.25) is 47.3 Å². The number of carbonyl (C=O) groups is 9. The van der Waals surface area contributed by atoms with Crippen molar-refractivity contribution >= 4 is 53.2 Å². The Labute approximate surface area is 487 Å². The van der Waals surface area contributed by atoms with Gasteiger partial charge in [-0.05, 0) is 112 Å². The first-order valence-electron chi connectivity index (χ1n) is 28.5. The lowest BCUT2D eigenvalue weighted by Gasteiger charge is -2.33. The Bertz CT molecular complexity index is 2860. The SMILES string of the molecule is CC(C)C[C@H](NC(=O)[C@@H]1CCCN1C(=O)[C@@H](NC(=O)[C@@H]1CCCN1C(=O)[C@H](CCCCN)NC(=O)[C@H](Cc1ccc(O)cc1)NC(=O)[C@@H](N)Cc1cnc[nH]1)[C@@H](C)O)C(=O)N[C@@H](Cc1ccc(O)cc1)C(=O)N[C@@H](Cc1ccccc1)C(=O)O. The van der Waals surface area contributed by atoms with Gasteiger partial charge in [-0.3, -0.25) is 38.4 Å². The summed E-state index contributed by atoms with van der Waals surface area (Å²) in [4.78, 5) is 136. The first-order valence-corrected chi connectivity index (χ1v) is 28.5. The van der Waals surface area contributed by atoms with E-state index in [-0.39, 0.29) is 88.4 Å². The predicted molar refractivity (Wildman–Crippen MR) is 307 cm³/mol. The van der Waals surface area contributed by atoms with Crippen LogP contribution >= 0.6 is 0 Å². The number of hydrogen-bond acceptors (Lipinski definition) is 15. The van der Waals surface area contributed by atoms with E-state index < -0.39 is 114 Å². The third kappa shape index (κ3) is 18.8. The molecule has 0 unspecified atom stereocenters. The summed E-state index contributed by atoms with van der Waals surface area (Å²) in [7, 11) is 0. The maximum absolute atomic E-state index is 14.6. The van der Waals surface area contributed by atoms with Gasteiger partial charge in [0.1, 0.15) is 59.8 Å². The first-order chi connectivity index (χ1) is 40.1. The molecule has 0 saturated carbocycles. The lowest BCUT2D eigenvalue weighted by Crippen LogP contribution is -2.61. The number of phenolic OH excluding ortho intramolecular Hbond substituents is 2. The zero-order valence-electron chi connectivity index (χ0n) is 47.6. The van der Waals surface area contributed by atoms with Crippen LogP contribution in [0, 0.1) is 5.92 Å². The molecule has 0 bridgehead atoms. The van der Waals surface area contributed by atoms with Crippen LogP contribution in [0.1, 0.15) is 94.5 Å². The summed E-state index contributed by atoms with van der Waals surface area (Å²) >= 11 is 0. The smallest absolute Gasteiger partial charge is 0.326 e. The van der Waals surface area contributed by atoms with E-state index in [9.17, 15) is 63.6 Å². The summed E-state index contributed by atoms with van der Waals surface area (Å²) in [5.41, 5.74) is 14.4. The third-order valence-electron chi connectivity index (χ3n) is 14.9. The van der Waals surface area contributed by atoms with Crippen molar-refractivity contribution in [1.29, 1.82) is 0 Å². The number of carbonyl (C=O) groups excluding carboxylic acids is 8. The Hall–Kier alpha value is -8.42. The van der Waals surface area contributed by atoms with Gasteiger partial charge < -0.3 is 78.6 Å². The van der Waals surface area contributed by atoms with Crippen molar-refractivity contribution in [2.45, 2.75) is 158 Å². The molecule has 3 aromatic carbocycles. The van der Waals surface area contributed by atoms with E-state index in [0.29, 0.717) is 48.1 Å². The minimum atomic E-state index is -1.60. The zero-order chi connectivity index (χ0) is 61.0. The number of hydrogen-bond donors (Lipinski definition) is 13. The third-order valence-corrected chi connectivity index (χ3v) is 14.9. The number of aliphatic hydroxyl groups is 1. The number of rotatable bonds is 30. The number of carboxylic acids is 1. The number of nitrogens with one attached hydrogen (secondary N) is 7. The molecule has 6 rings (SSSR count). The molecule has 8 amide bonds. The second-order valence-corrected chi connectivity index (χ2v) is 22.0. The Morgan fingerprint density at radius 2 is 1.10 bits per heavy atom. The Balaban J connectivity index is 1.14. The number of carboxylic acid groups (broad SMARTS) is 1. The van der Waals surface area contributed by atoms with Gasteiger partial charge in [-0.1, -0.05) is 68.4 Å². The fourth-order valence-electron chi connectivity index (χ4n) is 10.4. The molecule has 15 N–H and O–H groups in total. The van der Waals surface area contributed by atoms with Crippen LogP contribution in [0.5, 0.6) is 11.5 Å². The molecule has 2 saturated heterocycles. The molecule has 2 aliphatic heterocycles. The number of aromatic amines is 1. The number of imidazole rings is 1. The predicted octanol–water partition coefficient (Wildman–Crippen LogP) is -0.0499. The van der Waals surface area contributed by atoms with E-state index in [4.69, 9.17) is 11.5 Å². The van der Waals surface area contributed by atoms with Crippen molar-refractivity contribution in [3.8, 4) is 11.5 Å². The van der Waals surface area contributed by atoms with Gasteiger partial charge in [0, 0.05) is 50.7 Å². The Morgan fingerprint density at radius 3 is 1.61 bits per heavy atom. The highest BCUT2D eigenvalue weighted by Crippen LogP contribution is 2.24. The van der Waals surface area contributed by atoms with E-state index in [1.54, 1.807) is 54.6 Å². The van der Waals surface area contributed by atoms with Crippen molar-refractivity contribution in [2.24, 2.45) is 17.4 Å². The normalized spacial score (nSPS) is 17.8. The maximum Gasteiger partial charge on any atom is 0.326 e. The number of H-pyrrole nitrogens is 1. The number of amides is 8. The minimum Gasteiger partial charge on any atom is -0.508 e. The van der Waals surface area contributed by atoms with Gasteiger partial charge in [0.15, 0.2) is 0 Å². The number of benzene rings is 3. The van der Waals surface area contributed by atoms with E-state index >= 15 is 0 Å². The van der Waals surface area contributed by atoms with E-state index in [2.05, 4.69) is 41.9 Å². The van der Waals surface area contributed by atoms with E-state index in [1.165, 1.54) is 53.5 Å². The van der Waals surface area contributed by atoms with E-state index in [1.807, 2.05) is 13.8 Å². The summed E-state index contributed by atoms with van der Waals surface area (Å²) in [5, 5.41) is 57.2. The molecule has 25 nitrogen and oxygen atoms in total.